The summed E-state index contributed by atoms with van der Waals surface area (Å²) in [6.07, 6.45) is 5.66. The van der Waals surface area contributed by atoms with E-state index < -0.39 is 15.8 Å². The SMILES string of the molecule is CCOC(=O)c1cnn(-c2nc(OCc3ccccc3)c3c(ncn3Cc3ccc(S(C)(=O)=O)cc3)n2)c1. The van der Waals surface area contributed by atoms with Crippen molar-refractivity contribution in [1.82, 2.24) is 29.3 Å². The molecular formula is C26H24N6O5S. The number of imidazole rings is 1. The molecule has 0 aliphatic heterocycles. The molecule has 3 aromatic heterocycles. The number of aromatic nitrogens is 6. The molecule has 0 bridgehead atoms. The van der Waals surface area contributed by atoms with Gasteiger partial charge in [0.1, 0.15) is 6.61 Å². The number of hydrogen-bond acceptors (Lipinski definition) is 9. The third kappa shape index (κ3) is 5.39. The topological polar surface area (TPSA) is 131 Å². The predicted octanol–water partition coefficient (Wildman–Crippen LogP) is 3.22. The van der Waals surface area contributed by atoms with Crippen LogP contribution in [0.4, 0.5) is 0 Å². The molecule has 11 nitrogen and oxygen atoms in total. The fourth-order valence-electron chi connectivity index (χ4n) is 3.78. The molecule has 12 heteroatoms. The van der Waals surface area contributed by atoms with Crippen LogP contribution in [0, 0.1) is 0 Å². The van der Waals surface area contributed by atoms with Gasteiger partial charge in [-0.25, -0.2) is 22.9 Å². The van der Waals surface area contributed by atoms with Crippen molar-refractivity contribution in [1.29, 1.82) is 0 Å². The Bertz CT molecular complexity index is 1700. The monoisotopic (exact) mass is 532 g/mol. The van der Waals surface area contributed by atoms with Gasteiger partial charge in [0, 0.05) is 19.0 Å². The maximum atomic E-state index is 12.1. The van der Waals surface area contributed by atoms with E-state index >= 15 is 0 Å². The number of ether oxygens (including phenoxy) is 2. The van der Waals surface area contributed by atoms with Crippen LogP contribution in [0.5, 0.6) is 5.88 Å². The second-order valence-electron chi connectivity index (χ2n) is 8.46. The molecule has 0 aliphatic carbocycles. The van der Waals surface area contributed by atoms with Gasteiger partial charge >= 0.3 is 5.97 Å². The minimum absolute atomic E-state index is 0.180. The van der Waals surface area contributed by atoms with Gasteiger partial charge in [0.25, 0.3) is 5.95 Å². The molecule has 0 radical (unpaired) electrons. The third-order valence-corrected chi connectivity index (χ3v) is 6.78. The fourth-order valence-corrected chi connectivity index (χ4v) is 4.41. The number of rotatable bonds is 9. The van der Waals surface area contributed by atoms with Crippen molar-refractivity contribution < 1.29 is 22.7 Å². The van der Waals surface area contributed by atoms with Crippen LogP contribution in [-0.4, -0.2) is 56.5 Å². The Morgan fingerprint density at radius 2 is 1.76 bits per heavy atom. The summed E-state index contributed by atoms with van der Waals surface area (Å²) in [5, 5.41) is 4.21. The first-order chi connectivity index (χ1) is 18.3. The number of fused-ring (bicyclic) bond motifs is 1. The Balaban J connectivity index is 1.52. The first kappa shape index (κ1) is 25.1. The van der Waals surface area contributed by atoms with E-state index in [9.17, 15) is 13.2 Å². The van der Waals surface area contributed by atoms with E-state index in [1.807, 2.05) is 34.9 Å². The highest BCUT2D eigenvalue weighted by Crippen LogP contribution is 2.25. The Morgan fingerprint density at radius 3 is 2.47 bits per heavy atom. The summed E-state index contributed by atoms with van der Waals surface area (Å²) >= 11 is 0. The average Bonchev–Trinajstić information content (AvgIpc) is 3.56. The van der Waals surface area contributed by atoms with Gasteiger partial charge in [0.2, 0.25) is 5.88 Å². The summed E-state index contributed by atoms with van der Waals surface area (Å²) in [4.78, 5) is 25.9. The summed E-state index contributed by atoms with van der Waals surface area (Å²) < 4.78 is 38.0. The molecule has 38 heavy (non-hydrogen) atoms. The lowest BCUT2D eigenvalue weighted by molar-refractivity contribution is 0.0526. The molecule has 0 saturated carbocycles. The van der Waals surface area contributed by atoms with Crippen LogP contribution in [0.3, 0.4) is 0 Å². The summed E-state index contributed by atoms with van der Waals surface area (Å²) in [7, 11) is -3.29. The molecule has 0 N–H and O–H groups in total. The fraction of sp³-hybridized carbons (Fsp3) is 0.192. The lowest BCUT2D eigenvalue weighted by atomic mass is 10.2. The van der Waals surface area contributed by atoms with E-state index in [0.717, 1.165) is 11.1 Å². The zero-order valence-electron chi connectivity index (χ0n) is 20.7. The lowest BCUT2D eigenvalue weighted by Gasteiger charge is -2.11. The van der Waals surface area contributed by atoms with Gasteiger partial charge < -0.3 is 14.0 Å². The summed E-state index contributed by atoms with van der Waals surface area (Å²) in [6, 6.07) is 16.3. The summed E-state index contributed by atoms with van der Waals surface area (Å²) in [5.74, 6) is -0.0299. The van der Waals surface area contributed by atoms with Crippen LogP contribution in [0.15, 0.2) is 78.2 Å². The van der Waals surface area contributed by atoms with Gasteiger partial charge in [-0.05, 0) is 30.2 Å². The molecule has 194 valence electrons. The van der Waals surface area contributed by atoms with Gasteiger partial charge in [-0.15, -0.1) is 0 Å². The first-order valence-corrected chi connectivity index (χ1v) is 13.6. The van der Waals surface area contributed by atoms with Crippen LogP contribution in [0.1, 0.15) is 28.4 Å². The molecule has 5 aromatic rings. The maximum absolute atomic E-state index is 12.1. The summed E-state index contributed by atoms with van der Waals surface area (Å²) in [5.41, 5.74) is 3.02. The summed E-state index contributed by atoms with van der Waals surface area (Å²) in [6.45, 7) is 2.62. The van der Waals surface area contributed by atoms with Crippen molar-refractivity contribution in [2.45, 2.75) is 25.0 Å². The standard InChI is InChI=1S/C26H24N6O5S/c1-3-36-25(33)20-13-28-32(15-20)26-29-23-22(24(30-26)37-16-19-7-5-4-6-8-19)31(17-27-23)14-18-9-11-21(12-10-18)38(2,34)35/h4-13,15,17H,3,14,16H2,1-2H3. The number of hydrogen-bond donors (Lipinski definition) is 0. The van der Waals surface area contributed by atoms with Crippen molar-refractivity contribution in [2.24, 2.45) is 0 Å². The number of sulfone groups is 1. The van der Waals surface area contributed by atoms with Crippen molar-refractivity contribution in [3.8, 4) is 11.8 Å². The van der Waals surface area contributed by atoms with Gasteiger partial charge in [-0.3, -0.25) is 0 Å². The van der Waals surface area contributed by atoms with Crippen molar-refractivity contribution in [2.75, 3.05) is 12.9 Å². The second kappa shape index (κ2) is 10.4. The normalized spacial score (nSPS) is 11.5. The van der Waals surface area contributed by atoms with Gasteiger partial charge in [0.05, 0.1) is 29.6 Å². The van der Waals surface area contributed by atoms with Gasteiger partial charge in [-0.2, -0.15) is 15.1 Å². The Hall–Kier alpha value is -4.58. The first-order valence-electron chi connectivity index (χ1n) is 11.7. The van der Waals surface area contributed by atoms with E-state index in [-0.39, 0.29) is 35.5 Å². The Kier molecular flexibility index (Phi) is 6.88. The predicted molar refractivity (Wildman–Crippen MR) is 138 cm³/mol. The molecule has 0 spiro atoms. The van der Waals surface area contributed by atoms with Crippen LogP contribution in [0.25, 0.3) is 17.1 Å². The van der Waals surface area contributed by atoms with Crippen LogP contribution < -0.4 is 4.74 Å². The van der Waals surface area contributed by atoms with E-state index in [0.29, 0.717) is 17.7 Å². The molecule has 0 aliphatic rings. The lowest BCUT2D eigenvalue weighted by Crippen LogP contribution is -2.08. The van der Waals surface area contributed by atoms with Gasteiger partial charge in [0.15, 0.2) is 21.0 Å². The molecule has 0 amide bonds. The largest absolute Gasteiger partial charge is 0.471 e. The van der Waals surface area contributed by atoms with Gasteiger partial charge in [-0.1, -0.05) is 42.5 Å². The second-order valence-corrected chi connectivity index (χ2v) is 10.5. The molecule has 0 atom stereocenters. The van der Waals surface area contributed by atoms with E-state index in [2.05, 4.69) is 20.1 Å². The van der Waals surface area contributed by atoms with Crippen LogP contribution in [-0.2, 0) is 27.7 Å². The number of esters is 1. The van der Waals surface area contributed by atoms with Crippen LogP contribution in [0.2, 0.25) is 0 Å². The highest BCUT2D eigenvalue weighted by Gasteiger charge is 2.19. The molecule has 0 fully saturated rings. The quantitative estimate of drug-likeness (QED) is 0.263. The molecule has 0 unspecified atom stereocenters. The van der Waals surface area contributed by atoms with Crippen molar-refractivity contribution >= 4 is 27.0 Å². The maximum Gasteiger partial charge on any atom is 0.341 e. The van der Waals surface area contributed by atoms with E-state index in [4.69, 9.17) is 9.47 Å². The van der Waals surface area contributed by atoms with E-state index in [1.165, 1.54) is 23.3 Å². The van der Waals surface area contributed by atoms with Crippen molar-refractivity contribution in [3.63, 3.8) is 0 Å². The Labute approximate surface area is 218 Å². The highest BCUT2D eigenvalue weighted by molar-refractivity contribution is 7.90. The molecular weight excluding hydrogens is 508 g/mol. The van der Waals surface area contributed by atoms with E-state index in [1.54, 1.807) is 37.5 Å². The highest BCUT2D eigenvalue weighted by atomic mass is 32.2. The minimum atomic E-state index is -3.29. The molecule has 5 rings (SSSR count). The number of carbonyl (C=O) groups excluding carboxylic acids is 1. The molecule has 0 saturated heterocycles. The number of nitrogens with zero attached hydrogens (tertiary/aromatic N) is 6. The van der Waals surface area contributed by atoms with Crippen molar-refractivity contribution in [3.05, 3.63) is 90.0 Å². The zero-order valence-corrected chi connectivity index (χ0v) is 21.5. The molecule has 3 heterocycles. The molecule has 2 aromatic carbocycles. The third-order valence-electron chi connectivity index (χ3n) is 5.65. The number of benzene rings is 2. The van der Waals surface area contributed by atoms with Crippen LogP contribution >= 0.6 is 0 Å². The number of carbonyl (C=O) groups is 1. The zero-order chi connectivity index (χ0) is 26.7. The smallest absolute Gasteiger partial charge is 0.341 e. The Morgan fingerprint density at radius 1 is 1.00 bits per heavy atom. The minimum Gasteiger partial charge on any atom is -0.471 e. The average molecular weight is 533 g/mol.